The third-order valence-electron chi connectivity index (χ3n) is 2.17. The van der Waals surface area contributed by atoms with E-state index in [2.05, 4.69) is 9.97 Å². The first kappa shape index (κ1) is 11.7. The number of carbonyl (C=O) groups excluding carboxylic acids is 1. The maximum atomic E-state index is 12.9. The number of aromatic nitrogens is 2. The van der Waals surface area contributed by atoms with Crippen LogP contribution in [0.5, 0.6) is 0 Å². The molecule has 0 atom stereocenters. The molecule has 0 spiro atoms. The van der Waals surface area contributed by atoms with Crippen molar-refractivity contribution in [3.63, 3.8) is 0 Å². The maximum absolute atomic E-state index is 12.9. The van der Waals surface area contributed by atoms with Crippen LogP contribution in [0.25, 0.3) is 11.4 Å². The summed E-state index contributed by atoms with van der Waals surface area (Å²) in [5.74, 6) is -0.112. The number of carbonyl (C=O) groups is 1. The van der Waals surface area contributed by atoms with Crippen LogP contribution >= 0.6 is 11.6 Å². The Morgan fingerprint density at radius 3 is 2.71 bits per heavy atom. The average molecular weight is 251 g/mol. The summed E-state index contributed by atoms with van der Waals surface area (Å²) in [4.78, 5) is 18.9. The predicted octanol–water partition coefficient (Wildman–Crippen LogP) is 3.06. The second kappa shape index (κ2) is 4.59. The Balaban J connectivity index is 2.59. The van der Waals surface area contributed by atoms with Gasteiger partial charge in [-0.25, -0.2) is 14.4 Å². The molecule has 0 aliphatic heterocycles. The second-order valence-corrected chi connectivity index (χ2v) is 3.91. The highest BCUT2D eigenvalue weighted by molar-refractivity contribution is 6.33. The molecule has 1 aromatic heterocycles. The number of hydrogen-bond donors (Lipinski definition) is 0. The lowest BCUT2D eigenvalue weighted by Crippen LogP contribution is -1.97. The molecular weight excluding hydrogens is 243 g/mol. The second-order valence-electron chi connectivity index (χ2n) is 3.50. The van der Waals surface area contributed by atoms with Crippen LogP contribution in [-0.4, -0.2) is 16.3 Å². The summed E-state index contributed by atoms with van der Waals surface area (Å²) in [7, 11) is 0. The van der Waals surface area contributed by atoms with Crippen molar-refractivity contribution in [2.24, 2.45) is 0 Å². The van der Waals surface area contributed by atoms with Gasteiger partial charge in [0.1, 0.15) is 11.5 Å². The largest absolute Gasteiger partial charge is 0.296 e. The van der Waals surface area contributed by atoms with Crippen molar-refractivity contribution in [1.82, 2.24) is 9.97 Å². The SMILES string of the molecule is Cc1cc(C=O)nc(-c2ccc(F)cc2Cl)n1. The summed E-state index contributed by atoms with van der Waals surface area (Å²) < 4.78 is 12.9. The Hall–Kier alpha value is -1.81. The first-order valence-corrected chi connectivity index (χ1v) is 5.24. The highest BCUT2D eigenvalue weighted by Crippen LogP contribution is 2.25. The van der Waals surface area contributed by atoms with E-state index >= 15 is 0 Å². The van der Waals surface area contributed by atoms with Gasteiger partial charge in [0.25, 0.3) is 0 Å². The zero-order valence-corrected chi connectivity index (χ0v) is 9.70. The zero-order chi connectivity index (χ0) is 12.4. The molecule has 0 fully saturated rings. The molecule has 0 saturated carbocycles. The lowest BCUT2D eigenvalue weighted by atomic mass is 10.2. The monoisotopic (exact) mass is 250 g/mol. The van der Waals surface area contributed by atoms with Crippen molar-refractivity contribution < 1.29 is 9.18 Å². The van der Waals surface area contributed by atoms with Gasteiger partial charge in [-0.15, -0.1) is 0 Å². The highest BCUT2D eigenvalue weighted by Gasteiger charge is 2.09. The Kier molecular flexibility index (Phi) is 3.15. The third-order valence-corrected chi connectivity index (χ3v) is 2.48. The number of rotatable bonds is 2. The summed E-state index contributed by atoms with van der Waals surface area (Å²) in [6, 6.07) is 5.51. The first-order chi connectivity index (χ1) is 8.10. The van der Waals surface area contributed by atoms with Crippen LogP contribution < -0.4 is 0 Å². The van der Waals surface area contributed by atoms with Gasteiger partial charge in [-0.05, 0) is 31.2 Å². The number of nitrogens with zero attached hydrogens (tertiary/aromatic N) is 2. The minimum atomic E-state index is -0.429. The lowest BCUT2D eigenvalue weighted by Gasteiger charge is -2.04. The van der Waals surface area contributed by atoms with Gasteiger partial charge in [0.2, 0.25) is 0 Å². The molecule has 0 unspecified atom stereocenters. The number of aryl methyl sites for hydroxylation is 1. The minimum absolute atomic E-state index is 0.215. The zero-order valence-electron chi connectivity index (χ0n) is 8.95. The minimum Gasteiger partial charge on any atom is -0.296 e. The molecule has 2 rings (SSSR count). The summed E-state index contributed by atoms with van der Waals surface area (Å²) in [6.45, 7) is 1.75. The van der Waals surface area contributed by atoms with Crippen molar-refractivity contribution >= 4 is 17.9 Å². The molecule has 5 heteroatoms. The van der Waals surface area contributed by atoms with Crippen LogP contribution in [0.4, 0.5) is 4.39 Å². The van der Waals surface area contributed by atoms with E-state index in [0.717, 1.165) is 0 Å². The van der Waals surface area contributed by atoms with Gasteiger partial charge in [-0.2, -0.15) is 0 Å². The fourth-order valence-corrected chi connectivity index (χ4v) is 1.70. The quantitative estimate of drug-likeness (QED) is 0.770. The van der Waals surface area contributed by atoms with Crippen molar-refractivity contribution in [3.05, 3.63) is 46.5 Å². The molecule has 3 nitrogen and oxygen atoms in total. The van der Waals surface area contributed by atoms with E-state index in [9.17, 15) is 9.18 Å². The van der Waals surface area contributed by atoms with E-state index in [1.54, 1.807) is 13.0 Å². The Bertz CT molecular complexity index is 587. The molecule has 86 valence electrons. The van der Waals surface area contributed by atoms with Crippen molar-refractivity contribution in [1.29, 1.82) is 0 Å². The first-order valence-electron chi connectivity index (χ1n) is 4.86. The van der Waals surface area contributed by atoms with Gasteiger partial charge < -0.3 is 0 Å². The molecule has 1 aromatic carbocycles. The van der Waals surface area contributed by atoms with Crippen molar-refractivity contribution in [3.8, 4) is 11.4 Å². The third kappa shape index (κ3) is 2.47. The molecule has 0 N–H and O–H groups in total. The van der Waals surface area contributed by atoms with Gasteiger partial charge >= 0.3 is 0 Å². The van der Waals surface area contributed by atoms with E-state index in [1.807, 2.05) is 0 Å². The van der Waals surface area contributed by atoms with E-state index in [0.29, 0.717) is 23.4 Å². The predicted molar refractivity (Wildman–Crippen MR) is 62.6 cm³/mol. The molecule has 0 saturated heterocycles. The van der Waals surface area contributed by atoms with Crippen LogP contribution in [0.2, 0.25) is 5.02 Å². The molecule has 0 aliphatic carbocycles. The fourth-order valence-electron chi connectivity index (χ4n) is 1.44. The van der Waals surface area contributed by atoms with Crippen LogP contribution in [0.1, 0.15) is 16.2 Å². The number of hydrogen-bond acceptors (Lipinski definition) is 3. The fraction of sp³-hybridized carbons (Fsp3) is 0.0833. The van der Waals surface area contributed by atoms with Gasteiger partial charge in [0, 0.05) is 11.3 Å². The van der Waals surface area contributed by atoms with Crippen LogP contribution in [0, 0.1) is 12.7 Å². The van der Waals surface area contributed by atoms with Gasteiger partial charge in [-0.1, -0.05) is 11.6 Å². The van der Waals surface area contributed by atoms with Crippen LogP contribution in [0.3, 0.4) is 0 Å². The van der Waals surface area contributed by atoms with Crippen LogP contribution in [0.15, 0.2) is 24.3 Å². The number of halogens is 2. The average Bonchev–Trinajstić information content (AvgIpc) is 2.28. The van der Waals surface area contributed by atoms with E-state index in [1.165, 1.54) is 18.2 Å². The smallest absolute Gasteiger partial charge is 0.168 e. The summed E-state index contributed by atoms with van der Waals surface area (Å²) in [6.07, 6.45) is 0.635. The molecular formula is C12H8ClFN2O. The Morgan fingerprint density at radius 2 is 2.06 bits per heavy atom. The Labute approximate surface area is 102 Å². The van der Waals surface area contributed by atoms with E-state index in [-0.39, 0.29) is 10.7 Å². The summed E-state index contributed by atoms with van der Waals surface area (Å²) in [5, 5.41) is 0.215. The topological polar surface area (TPSA) is 42.9 Å². The molecule has 0 bridgehead atoms. The van der Waals surface area contributed by atoms with Crippen LogP contribution in [-0.2, 0) is 0 Å². The molecule has 1 heterocycles. The molecule has 0 radical (unpaired) electrons. The van der Waals surface area contributed by atoms with Crippen molar-refractivity contribution in [2.75, 3.05) is 0 Å². The highest BCUT2D eigenvalue weighted by atomic mass is 35.5. The standard InChI is InChI=1S/C12H8ClFN2O/c1-7-4-9(6-17)16-12(15-7)10-3-2-8(14)5-11(10)13/h2-6H,1H3. The normalized spacial score (nSPS) is 10.3. The summed E-state index contributed by atoms with van der Waals surface area (Å²) >= 11 is 5.90. The van der Waals surface area contributed by atoms with Crippen molar-refractivity contribution in [2.45, 2.75) is 6.92 Å². The molecule has 0 aliphatic rings. The Morgan fingerprint density at radius 1 is 1.29 bits per heavy atom. The number of aldehydes is 1. The number of benzene rings is 1. The van der Waals surface area contributed by atoms with E-state index < -0.39 is 5.82 Å². The molecule has 0 amide bonds. The maximum Gasteiger partial charge on any atom is 0.168 e. The van der Waals surface area contributed by atoms with E-state index in [4.69, 9.17) is 11.6 Å². The summed E-state index contributed by atoms with van der Waals surface area (Å²) in [5.41, 5.74) is 1.42. The van der Waals surface area contributed by atoms with Gasteiger partial charge in [0.15, 0.2) is 12.1 Å². The molecule has 2 aromatic rings. The van der Waals surface area contributed by atoms with Gasteiger partial charge in [0.05, 0.1) is 5.02 Å². The van der Waals surface area contributed by atoms with Gasteiger partial charge in [-0.3, -0.25) is 4.79 Å². The molecule has 17 heavy (non-hydrogen) atoms. The lowest BCUT2D eigenvalue weighted by molar-refractivity contribution is 0.111.